The summed E-state index contributed by atoms with van der Waals surface area (Å²) in [6.07, 6.45) is -0.0291. The second kappa shape index (κ2) is 14.0. The highest BCUT2D eigenvalue weighted by atomic mass is 32.2. The molecule has 0 saturated carbocycles. The number of nitrogens with one attached hydrogen (secondary N) is 1. The minimum absolute atomic E-state index is 0.0586. The Morgan fingerprint density at radius 3 is 2.38 bits per heavy atom. The van der Waals surface area contributed by atoms with Crippen LogP contribution in [-0.4, -0.2) is 128 Å². The molecule has 22 heteroatoms. The molecule has 3 amide bonds. The zero-order valence-corrected chi connectivity index (χ0v) is 28.9. The number of carbonyl (C=O) groups is 6. The molecule has 1 aromatic carbocycles. The Kier molecular flexibility index (Phi) is 10.3. The molecule has 0 unspecified atom stereocenters. The third-order valence-corrected chi connectivity index (χ3v) is 13.8. The van der Waals surface area contributed by atoms with Gasteiger partial charge in [0, 0.05) is 18.1 Å². The average molecular weight is 753 g/mol. The number of carbonyl (C=O) groups excluding carboxylic acids is 3. The Balaban J connectivity index is 0.000000269. The summed E-state index contributed by atoms with van der Waals surface area (Å²) in [5.41, 5.74) is 7.66. The van der Waals surface area contributed by atoms with Crippen molar-refractivity contribution in [2.45, 2.75) is 72.5 Å². The minimum Gasteiger partial charge on any atom is -0.480 e. The molecular formula is C28H32N8O11S3. The van der Waals surface area contributed by atoms with Gasteiger partial charge in [0.05, 0.1) is 17.6 Å². The number of β-lactam (4-membered cyclic amide) rings is 2. The van der Waals surface area contributed by atoms with Gasteiger partial charge in [-0.05, 0) is 41.0 Å². The first-order valence-corrected chi connectivity index (χ1v) is 18.4. The van der Waals surface area contributed by atoms with Crippen LogP contribution in [-0.2, 0) is 58.1 Å². The molecule has 0 spiro atoms. The van der Waals surface area contributed by atoms with Crippen LogP contribution in [0.2, 0.25) is 0 Å². The Labute approximate surface area is 292 Å². The number of fused-ring (bicyclic) bond motifs is 2. The standard InChI is InChI=1S/C20H21N7O6S2.C8H11NO5S/c21-6-11-4-2-1-3-10(11)5-13(28)22-15-17(31)27-16(19(32)33)12(8-34-18(15)27)9-35-20-23-24-25-26(20)7-14(29)30;1-8(2)6(7(11)12)9-4(10)3-5(9)15(8,13)14/h1-4,15,18H,5-9,21H2,(H,22,28)(H,29,30)(H,32,33);5-6H,3H2,1-2H3,(H,11,12)/t15-,18-;5-,6+/m11/s1. The first-order valence-electron chi connectivity index (χ1n) is 14.9. The number of carboxylic acids is 3. The Hall–Kier alpha value is -4.54. The van der Waals surface area contributed by atoms with Gasteiger partial charge in [-0.25, -0.2) is 22.7 Å². The number of tetrazole rings is 1. The fourth-order valence-electron chi connectivity index (χ4n) is 6.03. The molecule has 2 aromatic rings. The number of nitrogens with zero attached hydrogens (tertiary/aromatic N) is 6. The van der Waals surface area contributed by atoms with Gasteiger partial charge >= 0.3 is 17.9 Å². The van der Waals surface area contributed by atoms with Crippen LogP contribution in [0.25, 0.3) is 0 Å². The van der Waals surface area contributed by atoms with E-state index in [1.165, 1.54) is 30.5 Å². The van der Waals surface area contributed by atoms with E-state index < -0.39 is 73.7 Å². The van der Waals surface area contributed by atoms with Crippen molar-refractivity contribution in [1.82, 2.24) is 35.3 Å². The number of carboxylic acid groups (broad SMARTS) is 3. The summed E-state index contributed by atoms with van der Waals surface area (Å²) in [6.45, 7) is 2.56. The third kappa shape index (κ3) is 6.54. The van der Waals surface area contributed by atoms with E-state index in [9.17, 15) is 42.3 Å². The lowest BCUT2D eigenvalue weighted by Crippen LogP contribution is -2.70. The number of thioether (sulfide) groups is 2. The van der Waals surface area contributed by atoms with Crippen LogP contribution in [0.15, 0.2) is 40.7 Å². The molecule has 0 radical (unpaired) electrons. The molecule has 6 N–H and O–H groups in total. The molecule has 1 aromatic heterocycles. The molecule has 5 heterocycles. The lowest BCUT2D eigenvalue weighted by Gasteiger charge is -2.49. The maximum Gasteiger partial charge on any atom is 0.352 e. The van der Waals surface area contributed by atoms with Crippen LogP contribution >= 0.6 is 23.5 Å². The number of aromatic nitrogens is 4. The number of amides is 3. The minimum atomic E-state index is -3.57. The van der Waals surface area contributed by atoms with E-state index in [1.807, 2.05) is 12.1 Å². The monoisotopic (exact) mass is 752 g/mol. The zero-order valence-electron chi connectivity index (χ0n) is 26.5. The van der Waals surface area contributed by atoms with E-state index in [0.29, 0.717) is 11.3 Å². The maximum atomic E-state index is 12.8. The molecule has 6 rings (SSSR count). The number of hydrogen-bond acceptors (Lipinski definition) is 14. The van der Waals surface area contributed by atoms with E-state index in [1.54, 1.807) is 12.1 Å². The van der Waals surface area contributed by atoms with E-state index in [2.05, 4.69) is 20.8 Å². The largest absolute Gasteiger partial charge is 0.480 e. The van der Waals surface area contributed by atoms with Gasteiger partial charge in [0.15, 0.2) is 9.84 Å². The van der Waals surface area contributed by atoms with Gasteiger partial charge in [-0.1, -0.05) is 36.0 Å². The van der Waals surface area contributed by atoms with Crippen molar-refractivity contribution in [3.63, 3.8) is 0 Å². The molecule has 4 aliphatic heterocycles. The number of nitrogens with two attached hydrogens (primary N) is 1. The lowest BCUT2D eigenvalue weighted by molar-refractivity contribution is -0.157. The lowest BCUT2D eigenvalue weighted by atomic mass is 9.98. The first-order chi connectivity index (χ1) is 23.5. The molecule has 0 bridgehead atoms. The van der Waals surface area contributed by atoms with Crippen molar-refractivity contribution in [3.05, 3.63) is 46.7 Å². The fourth-order valence-corrected chi connectivity index (χ4v) is 10.5. The van der Waals surface area contributed by atoms with Crippen LogP contribution in [0.1, 0.15) is 31.4 Å². The highest BCUT2D eigenvalue weighted by molar-refractivity contribution is 8.01. The quantitative estimate of drug-likeness (QED) is 0.129. The van der Waals surface area contributed by atoms with Gasteiger partial charge in [-0.15, -0.1) is 16.9 Å². The van der Waals surface area contributed by atoms with Crippen LogP contribution in [0.3, 0.4) is 0 Å². The normalized spacial score (nSPS) is 24.2. The second-order valence-corrected chi connectivity index (χ2v) is 16.7. The van der Waals surface area contributed by atoms with Gasteiger partial charge < -0.3 is 31.3 Å². The predicted octanol–water partition coefficient (Wildman–Crippen LogP) is -1.51. The van der Waals surface area contributed by atoms with Crippen molar-refractivity contribution in [3.8, 4) is 0 Å². The van der Waals surface area contributed by atoms with Crippen molar-refractivity contribution < 1.29 is 52.5 Å². The number of sulfone groups is 1. The molecule has 50 heavy (non-hydrogen) atoms. The maximum absolute atomic E-state index is 12.8. The molecule has 0 aliphatic carbocycles. The summed E-state index contributed by atoms with van der Waals surface area (Å²) in [5, 5.41) is 40.0. The molecule has 3 fully saturated rings. The molecule has 4 atom stereocenters. The predicted molar refractivity (Wildman–Crippen MR) is 174 cm³/mol. The SMILES string of the molecule is CC1(C)[C@H](C(=O)O)N2C(=O)C[C@H]2S1(=O)=O.NCc1ccccc1CC(=O)N[C@@H]1C(=O)N2C(C(=O)O)=C(CSc3nnnn3CC(=O)O)CS[C@H]12. The Bertz CT molecular complexity index is 1910. The molecule has 268 valence electrons. The summed E-state index contributed by atoms with van der Waals surface area (Å²) < 4.78 is 23.4. The molecule has 4 aliphatic rings. The number of hydrogen-bond donors (Lipinski definition) is 5. The molecule has 3 saturated heterocycles. The topological polar surface area (TPSA) is 285 Å². The van der Waals surface area contributed by atoms with Gasteiger partial charge in [0.2, 0.25) is 17.0 Å². The van der Waals surface area contributed by atoms with Gasteiger partial charge in [0.25, 0.3) is 5.91 Å². The van der Waals surface area contributed by atoms with E-state index >= 15 is 0 Å². The Morgan fingerprint density at radius 2 is 1.80 bits per heavy atom. The third-order valence-electron chi connectivity index (χ3n) is 8.62. The van der Waals surface area contributed by atoms with Crippen molar-refractivity contribution >= 4 is 69.0 Å². The average Bonchev–Trinajstić information content (AvgIpc) is 3.53. The summed E-state index contributed by atoms with van der Waals surface area (Å²) >= 11 is 2.42. The smallest absolute Gasteiger partial charge is 0.352 e. The number of rotatable bonds is 11. The Morgan fingerprint density at radius 1 is 1.12 bits per heavy atom. The van der Waals surface area contributed by atoms with Gasteiger partial charge in [-0.2, -0.15) is 0 Å². The number of aliphatic carboxylic acids is 3. The second-order valence-electron chi connectivity index (χ2n) is 12.0. The van der Waals surface area contributed by atoms with E-state index in [0.717, 1.165) is 32.5 Å². The summed E-state index contributed by atoms with van der Waals surface area (Å²) in [5.74, 6) is -4.43. The van der Waals surface area contributed by atoms with Crippen molar-refractivity contribution in [2.24, 2.45) is 5.73 Å². The highest BCUT2D eigenvalue weighted by Crippen LogP contribution is 2.45. The summed E-state index contributed by atoms with van der Waals surface area (Å²) in [4.78, 5) is 72.7. The molecule has 19 nitrogen and oxygen atoms in total. The van der Waals surface area contributed by atoms with Crippen LogP contribution in [0.5, 0.6) is 0 Å². The summed E-state index contributed by atoms with van der Waals surface area (Å²) in [6, 6.07) is 5.18. The van der Waals surface area contributed by atoms with Crippen LogP contribution < -0.4 is 11.1 Å². The van der Waals surface area contributed by atoms with Crippen molar-refractivity contribution in [1.29, 1.82) is 0 Å². The van der Waals surface area contributed by atoms with Crippen molar-refractivity contribution in [2.75, 3.05) is 11.5 Å². The first kappa shape index (κ1) is 36.7. The highest BCUT2D eigenvalue weighted by Gasteiger charge is 2.67. The fraction of sp³-hybridized carbons (Fsp3) is 0.464. The van der Waals surface area contributed by atoms with Gasteiger partial charge in [-0.3, -0.25) is 24.1 Å². The zero-order chi connectivity index (χ0) is 36.7. The van der Waals surface area contributed by atoms with Crippen LogP contribution in [0, 0.1) is 0 Å². The van der Waals surface area contributed by atoms with Gasteiger partial charge in [0.1, 0.15) is 35.1 Å². The summed E-state index contributed by atoms with van der Waals surface area (Å²) in [7, 11) is -3.57. The molecular weight excluding hydrogens is 721 g/mol. The van der Waals surface area contributed by atoms with E-state index in [-0.39, 0.29) is 41.9 Å². The van der Waals surface area contributed by atoms with Crippen LogP contribution in [0.4, 0.5) is 0 Å². The number of benzene rings is 1. The van der Waals surface area contributed by atoms with E-state index in [4.69, 9.17) is 15.9 Å².